The lowest BCUT2D eigenvalue weighted by atomic mass is 9.82. The third-order valence-electron chi connectivity index (χ3n) is 2.22. The molecule has 0 rings (SSSR count). The Bertz CT molecular complexity index is 126. The van der Waals surface area contributed by atoms with E-state index >= 15 is 0 Å². The molecule has 0 fully saturated rings. The van der Waals surface area contributed by atoms with Crippen LogP contribution in [0.15, 0.2) is 0 Å². The molecule has 0 aliphatic heterocycles. The summed E-state index contributed by atoms with van der Waals surface area (Å²) in [7, 11) is 1.81. The van der Waals surface area contributed by atoms with Crippen molar-refractivity contribution in [2.24, 2.45) is 11.3 Å². The maximum atomic E-state index is 10.3. The predicted octanol–water partition coefficient (Wildman–Crippen LogP) is 1.76. The van der Waals surface area contributed by atoms with Crippen molar-refractivity contribution >= 4 is 6.41 Å². The third-order valence-corrected chi connectivity index (χ3v) is 2.22. The van der Waals surface area contributed by atoms with E-state index in [0.717, 1.165) is 13.0 Å². The van der Waals surface area contributed by atoms with Gasteiger partial charge in [0.2, 0.25) is 6.41 Å². The minimum Gasteiger partial charge on any atom is -0.348 e. The van der Waals surface area contributed by atoms with Gasteiger partial charge in [-0.25, -0.2) is 0 Å². The van der Waals surface area contributed by atoms with Crippen LogP contribution in [0.1, 0.15) is 27.7 Å². The van der Waals surface area contributed by atoms with E-state index < -0.39 is 0 Å². The molecule has 0 saturated heterocycles. The summed E-state index contributed by atoms with van der Waals surface area (Å²) in [6.45, 7) is 9.58. The second-order valence-electron chi connectivity index (χ2n) is 4.31. The fourth-order valence-electron chi connectivity index (χ4n) is 0.749. The normalized spacial score (nSPS) is 14.3. The average molecular weight is 157 g/mol. The quantitative estimate of drug-likeness (QED) is 0.572. The van der Waals surface area contributed by atoms with Gasteiger partial charge in [-0.1, -0.05) is 27.7 Å². The SMILES string of the molecule is CC(CN(C)C=O)C(C)(C)C. The largest absolute Gasteiger partial charge is 0.348 e. The van der Waals surface area contributed by atoms with Gasteiger partial charge >= 0.3 is 0 Å². The number of amides is 1. The highest BCUT2D eigenvalue weighted by Gasteiger charge is 2.20. The molecule has 0 aliphatic rings. The molecule has 2 heteroatoms. The first-order valence-corrected chi connectivity index (χ1v) is 4.03. The molecule has 0 radical (unpaired) electrons. The summed E-state index contributed by atoms with van der Waals surface area (Å²) in [4.78, 5) is 12.0. The van der Waals surface area contributed by atoms with Crippen LogP contribution in [-0.2, 0) is 4.79 Å². The maximum Gasteiger partial charge on any atom is 0.209 e. The van der Waals surface area contributed by atoms with Crippen LogP contribution >= 0.6 is 0 Å². The summed E-state index contributed by atoms with van der Waals surface area (Å²) in [5, 5.41) is 0. The van der Waals surface area contributed by atoms with Crippen molar-refractivity contribution < 1.29 is 4.79 Å². The molecule has 0 heterocycles. The molecule has 0 aromatic carbocycles. The average Bonchev–Trinajstić information content (AvgIpc) is 1.85. The number of carbonyl (C=O) groups is 1. The van der Waals surface area contributed by atoms with E-state index in [2.05, 4.69) is 27.7 Å². The molecule has 1 unspecified atom stereocenters. The lowest BCUT2D eigenvalue weighted by Crippen LogP contribution is -2.30. The van der Waals surface area contributed by atoms with E-state index in [-0.39, 0.29) is 5.41 Å². The first-order valence-electron chi connectivity index (χ1n) is 4.03. The van der Waals surface area contributed by atoms with Gasteiger partial charge in [-0.05, 0) is 11.3 Å². The van der Waals surface area contributed by atoms with Gasteiger partial charge in [0.05, 0.1) is 0 Å². The van der Waals surface area contributed by atoms with Gasteiger partial charge in [0.1, 0.15) is 0 Å². The van der Waals surface area contributed by atoms with E-state index in [4.69, 9.17) is 0 Å². The zero-order valence-corrected chi connectivity index (χ0v) is 8.22. The van der Waals surface area contributed by atoms with Gasteiger partial charge in [0.25, 0.3) is 0 Å². The van der Waals surface area contributed by atoms with Crippen molar-refractivity contribution in [1.29, 1.82) is 0 Å². The van der Waals surface area contributed by atoms with Crippen molar-refractivity contribution in [3.8, 4) is 0 Å². The van der Waals surface area contributed by atoms with E-state index in [1.807, 2.05) is 7.05 Å². The summed E-state index contributed by atoms with van der Waals surface area (Å²) < 4.78 is 0. The lowest BCUT2D eigenvalue weighted by Gasteiger charge is -2.29. The number of hydrogen-bond acceptors (Lipinski definition) is 1. The minimum atomic E-state index is 0.289. The molecule has 2 nitrogen and oxygen atoms in total. The summed E-state index contributed by atoms with van der Waals surface area (Å²) in [5.74, 6) is 0.540. The summed E-state index contributed by atoms with van der Waals surface area (Å²) in [5.41, 5.74) is 0.289. The zero-order valence-electron chi connectivity index (χ0n) is 8.22. The molecule has 11 heavy (non-hydrogen) atoms. The van der Waals surface area contributed by atoms with Crippen LogP contribution in [-0.4, -0.2) is 24.9 Å². The monoisotopic (exact) mass is 157 g/mol. The second-order valence-corrected chi connectivity index (χ2v) is 4.31. The fraction of sp³-hybridized carbons (Fsp3) is 0.889. The molecule has 0 aromatic rings. The first-order chi connectivity index (χ1) is 4.88. The van der Waals surface area contributed by atoms with E-state index in [0.29, 0.717) is 5.92 Å². The van der Waals surface area contributed by atoms with Crippen LogP contribution in [0, 0.1) is 11.3 Å². The Labute approximate surface area is 69.6 Å². The number of nitrogens with zero attached hydrogens (tertiary/aromatic N) is 1. The second kappa shape index (κ2) is 3.74. The molecule has 0 bridgehead atoms. The molecular formula is C9H19NO. The van der Waals surface area contributed by atoms with Crippen LogP contribution in [0.3, 0.4) is 0 Å². The highest BCUT2D eigenvalue weighted by atomic mass is 16.1. The van der Waals surface area contributed by atoms with Gasteiger partial charge in [0, 0.05) is 13.6 Å². The lowest BCUT2D eigenvalue weighted by molar-refractivity contribution is -0.117. The molecule has 0 N–H and O–H groups in total. The Morgan fingerprint density at radius 1 is 1.45 bits per heavy atom. The Morgan fingerprint density at radius 2 is 1.91 bits per heavy atom. The van der Waals surface area contributed by atoms with E-state index in [1.165, 1.54) is 0 Å². The minimum absolute atomic E-state index is 0.289. The molecule has 0 aromatic heterocycles. The molecule has 0 spiro atoms. The smallest absolute Gasteiger partial charge is 0.209 e. The van der Waals surface area contributed by atoms with Crippen LogP contribution in [0.2, 0.25) is 0 Å². The summed E-state index contributed by atoms with van der Waals surface area (Å²) in [6.07, 6.45) is 0.877. The fourth-order valence-corrected chi connectivity index (χ4v) is 0.749. The Balaban J connectivity index is 3.87. The highest BCUT2D eigenvalue weighted by molar-refractivity contribution is 5.46. The molecule has 1 amide bonds. The molecule has 66 valence electrons. The van der Waals surface area contributed by atoms with Crippen molar-refractivity contribution in [2.75, 3.05) is 13.6 Å². The Morgan fingerprint density at radius 3 is 2.18 bits per heavy atom. The number of hydrogen-bond donors (Lipinski definition) is 0. The standard InChI is InChI=1S/C9H19NO/c1-8(9(2,3)4)6-10(5)7-11/h7-8H,6H2,1-5H3. The van der Waals surface area contributed by atoms with Crippen LogP contribution in [0.5, 0.6) is 0 Å². The van der Waals surface area contributed by atoms with Gasteiger partial charge in [0.15, 0.2) is 0 Å². The Hall–Kier alpha value is -0.530. The Kier molecular flexibility index (Phi) is 3.56. The van der Waals surface area contributed by atoms with Crippen molar-refractivity contribution in [3.05, 3.63) is 0 Å². The third kappa shape index (κ3) is 4.02. The zero-order chi connectivity index (χ0) is 9.07. The molecule has 0 saturated carbocycles. The number of carbonyl (C=O) groups excluding carboxylic acids is 1. The van der Waals surface area contributed by atoms with E-state index in [1.54, 1.807) is 4.90 Å². The summed E-state index contributed by atoms with van der Waals surface area (Å²) >= 11 is 0. The van der Waals surface area contributed by atoms with Gasteiger partial charge in [-0.3, -0.25) is 4.79 Å². The van der Waals surface area contributed by atoms with E-state index in [9.17, 15) is 4.79 Å². The molecular weight excluding hydrogens is 138 g/mol. The summed E-state index contributed by atoms with van der Waals surface area (Å²) in [6, 6.07) is 0. The van der Waals surface area contributed by atoms with Gasteiger partial charge in [-0.2, -0.15) is 0 Å². The van der Waals surface area contributed by atoms with Crippen LogP contribution < -0.4 is 0 Å². The van der Waals surface area contributed by atoms with Gasteiger partial charge < -0.3 is 4.90 Å². The predicted molar refractivity (Wildman–Crippen MR) is 47.3 cm³/mol. The van der Waals surface area contributed by atoms with Crippen molar-refractivity contribution in [3.63, 3.8) is 0 Å². The topological polar surface area (TPSA) is 20.3 Å². The van der Waals surface area contributed by atoms with Crippen LogP contribution in [0.4, 0.5) is 0 Å². The maximum absolute atomic E-state index is 10.3. The van der Waals surface area contributed by atoms with Crippen molar-refractivity contribution in [1.82, 2.24) is 4.90 Å². The van der Waals surface area contributed by atoms with Crippen molar-refractivity contribution in [2.45, 2.75) is 27.7 Å². The number of rotatable bonds is 3. The highest BCUT2D eigenvalue weighted by Crippen LogP contribution is 2.25. The van der Waals surface area contributed by atoms with Gasteiger partial charge in [-0.15, -0.1) is 0 Å². The molecule has 0 aliphatic carbocycles. The molecule has 1 atom stereocenters. The van der Waals surface area contributed by atoms with Crippen LogP contribution in [0.25, 0.3) is 0 Å². The first kappa shape index (κ1) is 10.5.